The van der Waals surface area contributed by atoms with Crippen LogP contribution in [0.5, 0.6) is 0 Å². The topological polar surface area (TPSA) is 72.2 Å². The van der Waals surface area contributed by atoms with Crippen molar-refractivity contribution in [3.8, 4) is 0 Å². The van der Waals surface area contributed by atoms with Crippen molar-refractivity contribution in [2.24, 2.45) is 0 Å². The summed E-state index contributed by atoms with van der Waals surface area (Å²) >= 11 is 3.23. The molecule has 0 radical (unpaired) electrons. The van der Waals surface area contributed by atoms with Crippen LogP contribution in [0.25, 0.3) is 0 Å². The molecule has 0 bridgehead atoms. The van der Waals surface area contributed by atoms with E-state index in [1.54, 1.807) is 12.1 Å². The predicted octanol–water partition coefficient (Wildman–Crippen LogP) is 2.89. The zero-order chi connectivity index (χ0) is 13.6. The molecule has 0 atom stereocenters. The van der Waals surface area contributed by atoms with Gasteiger partial charge in [0.05, 0.1) is 4.90 Å². The molecule has 0 aromatic heterocycles. The fourth-order valence-electron chi connectivity index (χ4n) is 1.56. The summed E-state index contributed by atoms with van der Waals surface area (Å²) < 4.78 is 27.2. The van der Waals surface area contributed by atoms with Crippen molar-refractivity contribution in [1.29, 1.82) is 0 Å². The average molecular weight is 335 g/mol. The van der Waals surface area contributed by atoms with Crippen LogP contribution in [0.2, 0.25) is 0 Å². The molecule has 0 heterocycles. The van der Waals surface area contributed by atoms with Gasteiger partial charge >= 0.3 is 0 Å². The highest BCUT2D eigenvalue weighted by Crippen LogP contribution is 2.23. The zero-order valence-corrected chi connectivity index (χ0v) is 12.9. The first-order valence-corrected chi connectivity index (χ1v) is 8.29. The SMILES string of the molecule is CCCCCCNS(=O)(=O)c1cc(N)ccc1Br. The Morgan fingerprint density at radius 2 is 2.00 bits per heavy atom. The first-order chi connectivity index (χ1) is 8.47. The van der Waals surface area contributed by atoms with Gasteiger partial charge in [0.2, 0.25) is 10.0 Å². The van der Waals surface area contributed by atoms with E-state index in [1.807, 2.05) is 0 Å². The maximum Gasteiger partial charge on any atom is 0.241 e. The van der Waals surface area contributed by atoms with E-state index in [-0.39, 0.29) is 4.90 Å². The van der Waals surface area contributed by atoms with Gasteiger partial charge < -0.3 is 5.73 Å². The van der Waals surface area contributed by atoms with Crippen LogP contribution < -0.4 is 10.5 Å². The highest BCUT2D eigenvalue weighted by molar-refractivity contribution is 9.10. The summed E-state index contributed by atoms with van der Waals surface area (Å²) in [7, 11) is -3.48. The summed E-state index contributed by atoms with van der Waals surface area (Å²) in [4.78, 5) is 0.193. The molecule has 102 valence electrons. The Bertz CT molecular complexity index is 489. The number of hydrogen-bond donors (Lipinski definition) is 2. The first kappa shape index (κ1) is 15.5. The van der Waals surface area contributed by atoms with Gasteiger partial charge in [0.25, 0.3) is 0 Å². The fraction of sp³-hybridized carbons (Fsp3) is 0.500. The molecule has 0 unspecified atom stereocenters. The van der Waals surface area contributed by atoms with Crippen molar-refractivity contribution in [2.45, 2.75) is 37.5 Å². The minimum atomic E-state index is -3.48. The van der Waals surface area contributed by atoms with E-state index in [4.69, 9.17) is 5.73 Å². The molecule has 0 amide bonds. The Morgan fingerprint density at radius 1 is 1.28 bits per heavy atom. The second-order valence-electron chi connectivity index (χ2n) is 4.15. The molecular weight excluding hydrogens is 316 g/mol. The molecule has 3 N–H and O–H groups in total. The molecule has 0 aliphatic rings. The maximum absolute atomic E-state index is 12.0. The third-order valence-electron chi connectivity index (χ3n) is 2.57. The van der Waals surface area contributed by atoms with Crippen LogP contribution >= 0.6 is 15.9 Å². The van der Waals surface area contributed by atoms with Crippen molar-refractivity contribution in [1.82, 2.24) is 4.72 Å². The zero-order valence-electron chi connectivity index (χ0n) is 10.4. The summed E-state index contributed by atoms with van der Waals surface area (Å²) in [5, 5.41) is 0. The number of halogens is 1. The van der Waals surface area contributed by atoms with Gasteiger partial charge in [-0.3, -0.25) is 0 Å². The van der Waals surface area contributed by atoms with Gasteiger partial charge in [-0.25, -0.2) is 13.1 Å². The van der Waals surface area contributed by atoms with E-state index in [2.05, 4.69) is 27.6 Å². The fourth-order valence-corrected chi connectivity index (χ4v) is 3.63. The van der Waals surface area contributed by atoms with Crippen molar-refractivity contribution in [3.05, 3.63) is 22.7 Å². The second-order valence-corrected chi connectivity index (χ2v) is 6.74. The normalized spacial score (nSPS) is 11.7. The third-order valence-corrected chi connectivity index (χ3v) is 5.02. The molecule has 6 heteroatoms. The molecule has 1 aromatic carbocycles. The summed E-state index contributed by atoms with van der Waals surface area (Å²) in [5.41, 5.74) is 6.04. The maximum atomic E-state index is 12.0. The van der Waals surface area contributed by atoms with Crippen LogP contribution in [-0.2, 0) is 10.0 Å². The molecule has 0 saturated heterocycles. The smallest absolute Gasteiger partial charge is 0.241 e. The minimum absolute atomic E-state index is 0.193. The number of hydrogen-bond acceptors (Lipinski definition) is 3. The van der Waals surface area contributed by atoms with Gasteiger partial charge in [-0.15, -0.1) is 0 Å². The summed E-state index contributed by atoms with van der Waals surface area (Å²) in [6.45, 7) is 2.58. The minimum Gasteiger partial charge on any atom is -0.399 e. The highest BCUT2D eigenvalue weighted by atomic mass is 79.9. The molecule has 18 heavy (non-hydrogen) atoms. The second kappa shape index (κ2) is 7.11. The van der Waals surface area contributed by atoms with Gasteiger partial charge in [0.15, 0.2) is 0 Å². The van der Waals surface area contributed by atoms with E-state index < -0.39 is 10.0 Å². The Balaban J connectivity index is 2.66. The van der Waals surface area contributed by atoms with E-state index in [1.165, 1.54) is 6.07 Å². The number of rotatable bonds is 7. The van der Waals surface area contributed by atoms with Crippen LogP contribution in [-0.4, -0.2) is 15.0 Å². The number of benzene rings is 1. The standard InChI is InChI=1S/C12H19BrN2O2S/c1-2-3-4-5-8-15-18(16,17)12-9-10(14)6-7-11(12)13/h6-7,9,15H,2-5,8,14H2,1H3. The molecule has 4 nitrogen and oxygen atoms in total. The average Bonchev–Trinajstić information content (AvgIpc) is 2.32. The third kappa shape index (κ3) is 4.59. The van der Waals surface area contributed by atoms with Crippen LogP contribution in [0.1, 0.15) is 32.6 Å². The van der Waals surface area contributed by atoms with Crippen molar-refractivity contribution < 1.29 is 8.42 Å². The molecule has 1 rings (SSSR count). The molecule has 0 aliphatic carbocycles. The molecule has 0 spiro atoms. The molecule has 0 fully saturated rings. The Labute approximate surface area is 117 Å². The van der Waals surface area contributed by atoms with Gasteiger partial charge in [0, 0.05) is 16.7 Å². The van der Waals surface area contributed by atoms with E-state index >= 15 is 0 Å². The Morgan fingerprint density at radius 3 is 2.67 bits per heavy atom. The lowest BCUT2D eigenvalue weighted by molar-refractivity contribution is 0.573. The molecule has 0 saturated carbocycles. The quantitative estimate of drug-likeness (QED) is 0.594. The number of nitrogen functional groups attached to an aromatic ring is 1. The lowest BCUT2D eigenvalue weighted by Crippen LogP contribution is -2.25. The van der Waals surface area contributed by atoms with Crippen LogP contribution in [0, 0.1) is 0 Å². The monoisotopic (exact) mass is 334 g/mol. The number of sulfonamides is 1. The van der Waals surface area contributed by atoms with Gasteiger partial charge in [-0.05, 0) is 40.5 Å². The lowest BCUT2D eigenvalue weighted by Gasteiger charge is -2.09. The van der Waals surface area contributed by atoms with Gasteiger partial charge in [-0.1, -0.05) is 26.2 Å². The summed E-state index contributed by atoms with van der Waals surface area (Å²) in [5.74, 6) is 0. The van der Waals surface area contributed by atoms with Gasteiger partial charge in [0.1, 0.15) is 0 Å². The summed E-state index contributed by atoms with van der Waals surface area (Å²) in [6, 6.07) is 4.75. The van der Waals surface area contributed by atoms with E-state index in [0.29, 0.717) is 16.7 Å². The van der Waals surface area contributed by atoms with Crippen molar-refractivity contribution in [2.75, 3.05) is 12.3 Å². The number of unbranched alkanes of at least 4 members (excludes halogenated alkanes) is 3. The van der Waals surface area contributed by atoms with Crippen LogP contribution in [0.15, 0.2) is 27.6 Å². The highest BCUT2D eigenvalue weighted by Gasteiger charge is 2.17. The molecular formula is C12H19BrN2O2S. The van der Waals surface area contributed by atoms with E-state index in [0.717, 1.165) is 25.7 Å². The number of nitrogens with two attached hydrogens (primary N) is 1. The predicted molar refractivity (Wildman–Crippen MR) is 77.9 cm³/mol. The first-order valence-electron chi connectivity index (χ1n) is 6.02. The lowest BCUT2D eigenvalue weighted by atomic mass is 10.2. The largest absolute Gasteiger partial charge is 0.399 e. The number of anilines is 1. The van der Waals surface area contributed by atoms with Crippen LogP contribution in [0.3, 0.4) is 0 Å². The molecule has 1 aromatic rings. The van der Waals surface area contributed by atoms with Crippen molar-refractivity contribution >= 4 is 31.6 Å². The van der Waals surface area contributed by atoms with E-state index in [9.17, 15) is 8.42 Å². The Kier molecular flexibility index (Phi) is 6.11. The van der Waals surface area contributed by atoms with Gasteiger partial charge in [-0.2, -0.15) is 0 Å². The van der Waals surface area contributed by atoms with Crippen LogP contribution in [0.4, 0.5) is 5.69 Å². The number of nitrogens with one attached hydrogen (secondary N) is 1. The van der Waals surface area contributed by atoms with Crippen molar-refractivity contribution in [3.63, 3.8) is 0 Å². The Hall–Kier alpha value is -0.590. The summed E-state index contributed by atoms with van der Waals surface area (Å²) in [6.07, 6.45) is 4.15. The molecule has 0 aliphatic heterocycles.